The van der Waals surface area contributed by atoms with Gasteiger partial charge in [-0.25, -0.2) is 14.5 Å². The monoisotopic (exact) mass is 376 g/mol. The van der Waals surface area contributed by atoms with Crippen molar-refractivity contribution in [2.45, 2.75) is 19.8 Å². The maximum atomic E-state index is 12.9. The number of amides is 3. The fraction of sp³-hybridized carbons (Fsp3) is 0.200. The first kappa shape index (κ1) is 17.7. The number of nitrogens with zero attached hydrogens (tertiary/aromatic N) is 4. The Morgan fingerprint density at radius 3 is 2.82 bits per heavy atom. The number of nitrogens with two attached hydrogens (primary N) is 1. The Labute approximate surface area is 162 Å². The van der Waals surface area contributed by atoms with Crippen LogP contribution in [0.1, 0.15) is 28.5 Å². The number of aromatic nitrogens is 3. The normalized spacial score (nSPS) is 12.7. The Hall–Kier alpha value is -3.68. The first-order chi connectivity index (χ1) is 13.6. The number of primary amides is 1. The van der Waals surface area contributed by atoms with Gasteiger partial charge in [0.2, 0.25) is 0 Å². The molecular weight excluding hydrogens is 356 g/mol. The molecule has 0 fully saturated rings. The number of nitrogens with one attached hydrogen (secondary N) is 1. The first-order valence-corrected chi connectivity index (χ1v) is 9.08. The van der Waals surface area contributed by atoms with Gasteiger partial charge in [0.1, 0.15) is 0 Å². The number of fused-ring (bicyclic) bond motifs is 1. The van der Waals surface area contributed by atoms with Crippen molar-refractivity contribution in [1.82, 2.24) is 14.8 Å². The minimum atomic E-state index is -0.493. The second-order valence-electron chi connectivity index (χ2n) is 6.50. The number of urea groups is 1. The van der Waals surface area contributed by atoms with Crippen LogP contribution in [0, 0.1) is 0 Å². The third-order valence-electron chi connectivity index (χ3n) is 4.82. The molecule has 0 radical (unpaired) electrons. The third kappa shape index (κ3) is 3.09. The summed E-state index contributed by atoms with van der Waals surface area (Å²) < 4.78 is 1.67. The summed E-state index contributed by atoms with van der Waals surface area (Å²) in [5.41, 5.74) is 9.07. The quantitative estimate of drug-likeness (QED) is 0.730. The molecular formula is C20H20N6O2. The molecule has 0 spiro atoms. The average molecular weight is 376 g/mol. The lowest BCUT2D eigenvalue weighted by Gasteiger charge is -2.15. The molecule has 3 N–H and O–H groups in total. The van der Waals surface area contributed by atoms with Crippen molar-refractivity contribution in [3.63, 3.8) is 0 Å². The standard InChI is InChI=1S/C20H20N6O2/c1-2-16-15(12-23-26(16)18-5-3-4-9-22-18)19(27)24-14-7-6-13-8-10-25(20(21)28)17(13)11-14/h3-7,9,11-12H,2,8,10H2,1H3,(H2,21,28)(H,24,27). The zero-order chi connectivity index (χ0) is 19.7. The Morgan fingerprint density at radius 1 is 1.25 bits per heavy atom. The summed E-state index contributed by atoms with van der Waals surface area (Å²) in [5, 5.41) is 7.23. The molecule has 0 saturated carbocycles. The van der Waals surface area contributed by atoms with E-state index < -0.39 is 6.03 Å². The summed E-state index contributed by atoms with van der Waals surface area (Å²) in [6.45, 7) is 2.52. The molecule has 3 amide bonds. The third-order valence-corrected chi connectivity index (χ3v) is 4.82. The second-order valence-corrected chi connectivity index (χ2v) is 6.50. The summed E-state index contributed by atoms with van der Waals surface area (Å²) in [5.74, 6) is 0.399. The number of pyridine rings is 1. The molecule has 1 aliphatic rings. The number of hydrogen-bond acceptors (Lipinski definition) is 4. The predicted molar refractivity (Wildman–Crippen MR) is 106 cm³/mol. The summed E-state index contributed by atoms with van der Waals surface area (Å²) in [6, 6.07) is 10.6. The molecule has 0 saturated heterocycles. The molecule has 0 bridgehead atoms. The van der Waals surface area contributed by atoms with Crippen LogP contribution >= 0.6 is 0 Å². The number of carbonyl (C=O) groups is 2. The molecule has 4 rings (SSSR count). The van der Waals surface area contributed by atoms with Gasteiger partial charge < -0.3 is 11.1 Å². The van der Waals surface area contributed by atoms with Crippen molar-refractivity contribution >= 4 is 23.3 Å². The molecule has 8 heteroatoms. The number of benzene rings is 1. The predicted octanol–water partition coefficient (Wildman–Crippen LogP) is 2.52. The van der Waals surface area contributed by atoms with Crippen LogP contribution < -0.4 is 16.0 Å². The zero-order valence-electron chi connectivity index (χ0n) is 15.4. The molecule has 0 unspecified atom stereocenters. The lowest BCUT2D eigenvalue weighted by Crippen LogP contribution is -2.34. The van der Waals surface area contributed by atoms with Gasteiger partial charge in [-0.2, -0.15) is 5.10 Å². The van der Waals surface area contributed by atoms with Crippen molar-refractivity contribution in [2.75, 3.05) is 16.8 Å². The Kier molecular flexibility index (Phi) is 4.52. The van der Waals surface area contributed by atoms with E-state index in [1.54, 1.807) is 23.1 Å². The van der Waals surface area contributed by atoms with Crippen molar-refractivity contribution in [2.24, 2.45) is 5.73 Å². The molecule has 3 heterocycles. The van der Waals surface area contributed by atoms with Crippen LogP contribution in [0.3, 0.4) is 0 Å². The van der Waals surface area contributed by atoms with Crippen LogP contribution in [0.2, 0.25) is 0 Å². The topological polar surface area (TPSA) is 106 Å². The minimum absolute atomic E-state index is 0.261. The van der Waals surface area contributed by atoms with Gasteiger partial charge in [0, 0.05) is 18.4 Å². The van der Waals surface area contributed by atoms with E-state index in [-0.39, 0.29) is 5.91 Å². The first-order valence-electron chi connectivity index (χ1n) is 9.08. The smallest absolute Gasteiger partial charge is 0.319 e. The van der Waals surface area contributed by atoms with Gasteiger partial charge in [0.15, 0.2) is 5.82 Å². The van der Waals surface area contributed by atoms with Gasteiger partial charge in [-0.15, -0.1) is 0 Å². The van der Waals surface area contributed by atoms with Crippen LogP contribution in [0.5, 0.6) is 0 Å². The highest BCUT2D eigenvalue weighted by Gasteiger charge is 2.24. The summed E-state index contributed by atoms with van der Waals surface area (Å²) in [4.78, 5) is 30.3. The molecule has 1 aliphatic heterocycles. The summed E-state index contributed by atoms with van der Waals surface area (Å²) in [6.07, 6.45) is 4.61. The summed E-state index contributed by atoms with van der Waals surface area (Å²) >= 11 is 0. The SMILES string of the molecule is CCc1c(C(=O)Nc2ccc3c(c2)N(C(N)=O)CC3)cnn1-c1ccccn1. The molecule has 2 aromatic heterocycles. The van der Waals surface area contributed by atoms with E-state index in [0.29, 0.717) is 30.0 Å². The Balaban J connectivity index is 1.61. The van der Waals surface area contributed by atoms with Crippen molar-refractivity contribution in [1.29, 1.82) is 0 Å². The van der Waals surface area contributed by atoms with Gasteiger partial charge in [0.05, 0.1) is 23.1 Å². The van der Waals surface area contributed by atoms with Crippen LogP contribution in [-0.4, -0.2) is 33.2 Å². The highest BCUT2D eigenvalue weighted by Crippen LogP contribution is 2.31. The number of rotatable bonds is 4. The minimum Gasteiger partial charge on any atom is -0.351 e. The Bertz CT molecular complexity index is 1040. The zero-order valence-corrected chi connectivity index (χ0v) is 15.4. The molecule has 3 aromatic rings. The average Bonchev–Trinajstić information content (AvgIpc) is 3.32. The molecule has 0 aliphatic carbocycles. The fourth-order valence-electron chi connectivity index (χ4n) is 3.46. The van der Waals surface area contributed by atoms with Gasteiger partial charge in [-0.3, -0.25) is 9.69 Å². The molecule has 142 valence electrons. The highest BCUT2D eigenvalue weighted by atomic mass is 16.2. The lowest BCUT2D eigenvalue weighted by molar-refractivity contribution is 0.102. The fourth-order valence-corrected chi connectivity index (χ4v) is 3.46. The molecule has 0 atom stereocenters. The van der Waals surface area contributed by atoms with Crippen LogP contribution in [0.25, 0.3) is 5.82 Å². The summed E-state index contributed by atoms with van der Waals surface area (Å²) in [7, 11) is 0. The molecule has 1 aromatic carbocycles. The van der Waals surface area contributed by atoms with E-state index in [1.165, 1.54) is 4.90 Å². The maximum Gasteiger partial charge on any atom is 0.319 e. The van der Waals surface area contributed by atoms with Gasteiger partial charge in [-0.1, -0.05) is 19.1 Å². The van der Waals surface area contributed by atoms with E-state index in [4.69, 9.17) is 5.73 Å². The van der Waals surface area contributed by atoms with Gasteiger partial charge in [-0.05, 0) is 42.7 Å². The number of hydrogen-bond donors (Lipinski definition) is 2. The molecule has 8 nitrogen and oxygen atoms in total. The Morgan fingerprint density at radius 2 is 2.11 bits per heavy atom. The molecule has 28 heavy (non-hydrogen) atoms. The van der Waals surface area contributed by atoms with Crippen LogP contribution in [0.15, 0.2) is 48.8 Å². The van der Waals surface area contributed by atoms with E-state index >= 15 is 0 Å². The lowest BCUT2D eigenvalue weighted by atomic mass is 10.1. The maximum absolute atomic E-state index is 12.9. The van der Waals surface area contributed by atoms with Gasteiger partial charge >= 0.3 is 6.03 Å². The highest BCUT2D eigenvalue weighted by molar-refractivity contribution is 6.05. The second kappa shape index (κ2) is 7.15. The van der Waals surface area contributed by atoms with Gasteiger partial charge in [0.25, 0.3) is 5.91 Å². The van der Waals surface area contributed by atoms with Crippen molar-refractivity contribution < 1.29 is 9.59 Å². The van der Waals surface area contributed by atoms with Crippen molar-refractivity contribution in [3.05, 3.63) is 65.6 Å². The van der Waals surface area contributed by atoms with E-state index in [9.17, 15) is 9.59 Å². The number of anilines is 2. The van der Waals surface area contributed by atoms with Crippen LogP contribution in [0.4, 0.5) is 16.2 Å². The van der Waals surface area contributed by atoms with Crippen LogP contribution in [-0.2, 0) is 12.8 Å². The van der Waals surface area contributed by atoms with E-state index in [2.05, 4.69) is 15.4 Å². The largest absolute Gasteiger partial charge is 0.351 e. The van der Waals surface area contributed by atoms with Crippen molar-refractivity contribution in [3.8, 4) is 5.82 Å². The number of carbonyl (C=O) groups excluding carboxylic acids is 2. The van der Waals surface area contributed by atoms with E-state index in [1.807, 2.05) is 37.3 Å². The van der Waals surface area contributed by atoms with E-state index in [0.717, 1.165) is 23.4 Å².